The molecule has 2 N–H and O–H groups in total. The number of para-hydroxylation sites is 1. The highest BCUT2D eigenvalue weighted by molar-refractivity contribution is 6.08. The van der Waals surface area contributed by atoms with Crippen molar-refractivity contribution in [2.75, 3.05) is 5.32 Å². The van der Waals surface area contributed by atoms with Crippen LogP contribution >= 0.6 is 0 Å². The van der Waals surface area contributed by atoms with Crippen LogP contribution in [0.15, 0.2) is 66.7 Å². The summed E-state index contributed by atoms with van der Waals surface area (Å²) in [7, 11) is 0. The number of unbranched alkanes of at least 4 members (excludes halogenated alkanes) is 5. The lowest BCUT2D eigenvalue weighted by Gasteiger charge is -2.06. The Balaban J connectivity index is 1.47. The first-order valence-corrected chi connectivity index (χ1v) is 10.7. The van der Waals surface area contributed by atoms with E-state index in [0.717, 1.165) is 11.4 Å². The monoisotopic (exact) mass is 370 g/mol. The number of rotatable bonds is 9. The maximum atomic E-state index is 3.62. The molecule has 4 aromatic rings. The number of aromatic amines is 1. The fourth-order valence-electron chi connectivity index (χ4n) is 3.99. The normalized spacial score (nSPS) is 11.3. The van der Waals surface area contributed by atoms with Gasteiger partial charge in [-0.25, -0.2) is 0 Å². The van der Waals surface area contributed by atoms with E-state index in [1.807, 2.05) is 6.07 Å². The number of fused-ring (bicyclic) bond motifs is 3. The second-order valence-electron chi connectivity index (χ2n) is 7.77. The number of anilines is 2. The summed E-state index contributed by atoms with van der Waals surface area (Å²) in [5, 5.41) is 6.08. The van der Waals surface area contributed by atoms with E-state index >= 15 is 0 Å². The summed E-state index contributed by atoms with van der Waals surface area (Å²) in [6, 6.07) is 23.8. The first-order chi connectivity index (χ1) is 13.8. The highest BCUT2D eigenvalue weighted by Gasteiger charge is 2.06. The van der Waals surface area contributed by atoms with Gasteiger partial charge < -0.3 is 10.3 Å². The van der Waals surface area contributed by atoms with Crippen LogP contribution in [0.25, 0.3) is 21.8 Å². The van der Waals surface area contributed by atoms with Crippen LogP contribution in [0.3, 0.4) is 0 Å². The average molecular weight is 371 g/mol. The molecule has 0 saturated carbocycles. The third-order valence-corrected chi connectivity index (χ3v) is 5.54. The molecule has 4 rings (SSSR count). The minimum atomic E-state index is 1.11. The average Bonchev–Trinajstić information content (AvgIpc) is 3.08. The Morgan fingerprint density at radius 1 is 0.679 bits per heavy atom. The third kappa shape index (κ3) is 4.39. The van der Waals surface area contributed by atoms with Gasteiger partial charge in [0.25, 0.3) is 0 Å². The molecule has 0 bridgehead atoms. The van der Waals surface area contributed by atoms with Crippen molar-refractivity contribution < 1.29 is 0 Å². The molecule has 0 aliphatic rings. The van der Waals surface area contributed by atoms with Gasteiger partial charge in [-0.05, 0) is 48.7 Å². The standard InChI is InChI=1S/C26H30N2/c1-2-3-4-5-6-8-11-20-14-16-23-24-17-15-22(19-26(24)28-25(23)18-20)27-21-12-9-7-10-13-21/h7,9-10,12-19,27-28H,2-6,8,11H2,1H3. The number of H-pyrrole nitrogens is 1. The Labute approximate surface area is 168 Å². The first kappa shape index (κ1) is 18.6. The maximum Gasteiger partial charge on any atom is 0.0485 e. The molecule has 0 aliphatic heterocycles. The summed E-state index contributed by atoms with van der Waals surface area (Å²) < 4.78 is 0. The van der Waals surface area contributed by atoms with Crippen LogP contribution < -0.4 is 5.32 Å². The van der Waals surface area contributed by atoms with Gasteiger partial charge >= 0.3 is 0 Å². The number of hydrogen-bond acceptors (Lipinski definition) is 1. The van der Waals surface area contributed by atoms with Crippen molar-refractivity contribution >= 4 is 33.2 Å². The Morgan fingerprint density at radius 2 is 1.39 bits per heavy atom. The Bertz CT molecular complexity index is 1030. The quantitative estimate of drug-likeness (QED) is 0.287. The van der Waals surface area contributed by atoms with Crippen LogP contribution in [0.1, 0.15) is 51.0 Å². The Morgan fingerprint density at radius 3 is 2.21 bits per heavy atom. The lowest BCUT2D eigenvalue weighted by Crippen LogP contribution is -1.88. The summed E-state index contributed by atoms with van der Waals surface area (Å²) in [6.07, 6.45) is 9.27. The second-order valence-corrected chi connectivity index (χ2v) is 7.77. The fraction of sp³-hybridized carbons (Fsp3) is 0.308. The fourth-order valence-corrected chi connectivity index (χ4v) is 3.99. The molecule has 144 valence electrons. The van der Waals surface area contributed by atoms with E-state index < -0.39 is 0 Å². The number of benzene rings is 3. The topological polar surface area (TPSA) is 27.8 Å². The Kier molecular flexibility index (Phi) is 5.96. The minimum Gasteiger partial charge on any atom is -0.355 e. The van der Waals surface area contributed by atoms with Crippen LogP contribution in [-0.2, 0) is 6.42 Å². The van der Waals surface area contributed by atoms with E-state index in [-0.39, 0.29) is 0 Å². The number of aryl methyl sites for hydroxylation is 1. The SMILES string of the molecule is CCCCCCCCc1ccc2c(c1)[nH]c1cc(Nc3ccccc3)ccc12. The van der Waals surface area contributed by atoms with Crippen molar-refractivity contribution in [3.8, 4) is 0 Å². The van der Waals surface area contributed by atoms with Crippen molar-refractivity contribution in [3.05, 3.63) is 72.3 Å². The van der Waals surface area contributed by atoms with Gasteiger partial charge in [-0.2, -0.15) is 0 Å². The molecular formula is C26H30N2. The predicted octanol–water partition coefficient (Wildman–Crippen LogP) is 7.97. The summed E-state index contributed by atoms with van der Waals surface area (Å²) >= 11 is 0. The van der Waals surface area contributed by atoms with Gasteiger partial charge in [-0.15, -0.1) is 0 Å². The summed E-state index contributed by atoms with van der Waals surface area (Å²) in [5.41, 5.74) is 6.09. The van der Waals surface area contributed by atoms with Gasteiger partial charge in [0.15, 0.2) is 0 Å². The molecule has 0 amide bonds. The number of nitrogens with one attached hydrogen (secondary N) is 2. The summed E-state index contributed by atoms with van der Waals surface area (Å²) in [4.78, 5) is 3.62. The van der Waals surface area contributed by atoms with Gasteiger partial charge in [0, 0.05) is 33.2 Å². The molecule has 3 aromatic carbocycles. The van der Waals surface area contributed by atoms with Gasteiger partial charge in [-0.3, -0.25) is 0 Å². The first-order valence-electron chi connectivity index (χ1n) is 10.7. The molecule has 1 aromatic heterocycles. The molecule has 0 aliphatic carbocycles. The van der Waals surface area contributed by atoms with Gasteiger partial charge in [0.05, 0.1) is 0 Å². The third-order valence-electron chi connectivity index (χ3n) is 5.54. The van der Waals surface area contributed by atoms with Crippen LogP contribution in [0.5, 0.6) is 0 Å². The zero-order chi connectivity index (χ0) is 19.2. The van der Waals surface area contributed by atoms with E-state index in [1.165, 1.54) is 72.3 Å². The highest BCUT2D eigenvalue weighted by Crippen LogP contribution is 2.29. The lowest BCUT2D eigenvalue weighted by atomic mass is 10.0. The molecule has 0 atom stereocenters. The van der Waals surface area contributed by atoms with Crippen molar-refractivity contribution in [1.82, 2.24) is 4.98 Å². The summed E-state index contributed by atoms with van der Waals surface area (Å²) in [6.45, 7) is 2.27. The van der Waals surface area contributed by atoms with E-state index in [9.17, 15) is 0 Å². The largest absolute Gasteiger partial charge is 0.355 e. The molecule has 0 saturated heterocycles. The summed E-state index contributed by atoms with van der Waals surface area (Å²) in [5.74, 6) is 0. The van der Waals surface area contributed by atoms with Crippen molar-refractivity contribution in [1.29, 1.82) is 0 Å². The zero-order valence-corrected chi connectivity index (χ0v) is 16.8. The number of aromatic nitrogens is 1. The molecule has 28 heavy (non-hydrogen) atoms. The van der Waals surface area contributed by atoms with E-state index in [1.54, 1.807) is 0 Å². The molecule has 2 nitrogen and oxygen atoms in total. The number of hydrogen-bond donors (Lipinski definition) is 2. The van der Waals surface area contributed by atoms with Gasteiger partial charge in [0.2, 0.25) is 0 Å². The molecule has 2 heteroatoms. The van der Waals surface area contributed by atoms with Crippen LogP contribution in [-0.4, -0.2) is 4.98 Å². The zero-order valence-electron chi connectivity index (χ0n) is 16.8. The van der Waals surface area contributed by atoms with Crippen molar-refractivity contribution in [3.63, 3.8) is 0 Å². The minimum absolute atomic E-state index is 1.11. The second kappa shape index (κ2) is 8.97. The van der Waals surface area contributed by atoms with Crippen LogP contribution in [0, 0.1) is 0 Å². The van der Waals surface area contributed by atoms with Crippen molar-refractivity contribution in [2.24, 2.45) is 0 Å². The van der Waals surface area contributed by atoms with Crippen LogP contribution in [0.4, 0.5) is 11.4 Å². The maximum absolute atomic E-state index is 3.62. The molecule has 1 heterocycles. The van der Waals surface area contributed by atoms with Crippen molar-refractivity contribution in [2.45, 2.75) is 51.9 Å². The van der Waals surface area contributed by atoms with Gasteiger partial charge in [-0.1, -0.05) is 75.4 Å². The molecule has 0 fully saturated rings. The smallest absolute Gasteiger partial charge is 0.0485 e. The van der Waals surface area contributed by atoms with E-state index in [0.29, 0.717) is 0 Å². The van der Waals surface area contributed by atoms with E-state index in [4.69, 9.17) is 0 Å². The van der Waals surface area contributed by atoms with Gasteiger partial charge in [0.1, 0.15) is 0 Å². The lowest BCUT2D eigenvalue weighted by molar-refractivity contribution is 0.607. The highest BCUT2D eigenvalue weighted by atomic mass is 14.9. The predicted molar refractivity (Wildman–Crippen MR) is 123 cm³/mol. The molecule has 0 unspecified atom stereocenters. The van der Waals surface area contributed by atoms with Crippen LogP contribution in [0.2, 0.25) is 0 Å². The molecule has 0 radical (unpaired) electrons. The Hall–Kier alpha value is -2.74. The molecule has 0 spiro atoms. The van der Waals surface area contributed by atoms with E-state index in [2.05, 4.69) is 77.9 Å². The molecular weight excluding hydrogens is 340 g/mol.